The van der Waals surface area contributed by atoms with Crippen molar-refractivity contribution < 1.29 is 4.74 Å². The third-order valence-corrected chi connectivity index (χ3v) is 4.56. The van der Waals surface area contributed by atoms with Crippen LogP contribution in [-0.2, 0) is 0 Å². The lowest BCUT2D eigenvalue weighted by Crippen LogP contribution is -2.15. The SMILES string of the molecule is COc1ccc2cccc3c2c1[C]3CCCCCC(C)C. The monoisotopic (exact) mass is 281 g/mol. The van der Waals surface area contributed by atoms with Crippen molar-refractivity contribution in [2.24, 2.45) is 5.92 Å². The molecule has 0 saturated heterocycles. The van der Waals surface area contributed by atoms with Gasteiger partial charge in [0, 0.05) is 11.5 Å². The quantitative estimate of drug-likeness (QED) is 0.588. The summed E-state index contributed by atoms with van der Waals surface area (Å²) in [5.41, 5.74) is 2.82. The van der Waals surface area contributed by atoms with Crippen LogP contribution in [0.15, 0.2) is 30.3 Å². The second-order valence-corrected chi connectivity index (χ2v) is 6.52. The topological polar surface area (TPSA) is 9.23 Å². The van der Waals surface area contributed by atoms with E-state index in [-0.39, 0.29) is 0 Å². The number of methoxy groups -OCH3 is 1. The smallest absolute Gasteiger partial charge is 0.123 e. The second-order valence-electron chi connectivity index (χ2n) is 6.52. The summed E-state index contributed by atoms with van der Waals surface area (Å²) in [6, 6.07) is 10.9. The average molecular weight is 281 g/mol. The highest BCUT2D eigenvalue weighted by atomic mass is 16.5. The zero-order valence-electron chi connectivity index (χ0n) is 13.4. The molecule has 0 spiro atoms. The van der Waals surface area contributed by atoms with E-state index in [4.69, 9.17) is 4.74 Å². The zero-order valence-corrected chi connectivity index (χ0v) is 13.4. The maximum absolute atomic E-state index is 5.57. The van der Waals surface area contributed by atoms with E-state index < -0.39 is 0 Å². The van der Waals surface area contributed by atoms with Crippen LogP contribution >= 0.6 is 0 Å². The Bertz CT molecular complexity index is 627. The summed E-state index contributed by atoms with van der Waals surface area (Å²) in [5.74, 6) is 3.38. The van der Waals surface area contributed by atoms with Crippen LogP contribution < -0.4 is 4.74 Å². The highest BCUT2D eigenvalue weighted by Crippen LogP contribution is 2.50. The van der Waals surface area contributed by atoms with Crippen LogP contribution in [0, 0.1) is 11.8 Å². The Labute approximate surface area is 128 Å². The minimum Gasteiger partial charge on any atom is -0.496 e. The number of rotatable bonds is 7. The lowest BCUT2D eigenvalue weighted by Gasteiger charge is -2.32. The summed E-state index contributed by atoms with van der Waals surface area (Å²) in [7, 11) is 1.78. The molecule has 0 unspecified atom stereocenters. The molecule has 0 fully saturated rings. The molecule has 1 radical (unpaired) electrons. The van der Waals surface area contributed by atoms with Gasteiger partial charge in [-0.05, 0) is 34.7 Å². The predicted molar refractivity (Wildman–Crippen MR) is 89.9 cm³/mol. The Hall–Kier alpha value is -1.50. The first-order valence-electron chi connectivity index (χ1n) is 8.18. The second kappa shape index (κ2) is 6.09. The van der Waals surface area contributed by atoms with Gasteiger partial charge in [0.15, 0.2) is 0 Å². The molecule has 0 heterocycles. The van der Waals surface area contributed by atoms with E-state index in [9.17, 15) is 0 Å². The lowest BCUT2D eigenvalue weighted by atomic mass is 9.72. The molecule has 111 valence electrons. The molecule has 1 heteroatoms. The first-order valence-corrected chi connectivity index (χ1v) is 8.18. The molecule has 0 N–H and O–H groups in total. The molecule has 2 aromatic carbocycles. The number of benzene rings is 2. The molecule has 2 aromatic rings. The van der Waals surface area contributed by atoms with Gasteiger partial charge in [0.05, 0.1) is 7.11 Å². The number of hydrogen-bond donors (Lipinski definition) is 0. The van der Waals surface area contributed by atoms with Crippen LogP contribution in [0.25, 0.3) is 10.8 Å². The largest absolute Gasteiger partial charge is 0.496 e. The van der Waals surface area contributed by atoms with Crippen LogP contribution in [0.3, 0.4) is 0 Å². The molecule has 1 aliphatic carbocycles. The lowest BCUT2D eigenvalue weighted by molar-refractivity contribution is 0.410. The van der Waals surface area contributed by atoms with Crippen molar-refractivity contribution in [3.63, 3.8) is 0 Å². The molecule has 0 atom stereocenters. The molecule has 0 aliphatic heterocycles. The summed E-state index contributed by atoms with van der Waals surface area (Å²) < 4.78 is 5.57. The summed E-state index contributed by atoms with van der Waals surface area (Å²) in [6.07, 6.45) is 6.52. The van der Waals surface area contributed by atoms with Crippen molar-refractivity contribution in [3.05, 3.63) is 47.4 Å². The fourth-order valence-corrected chi connectivity index (χ4v) is 3.44. The van der Waals surface area contributed by atoms with E-state index in [2.05, 4.69) is 44.2 Å². The highest BCUT2D eigenvalue weighted by Gasteiger charge is 2.32. The van der Waals surface area contributed by atoms with Crippen molar-refractivity contribution in [1.82, 2.24) is 0 Å². The molecule has 1 nitrogen and oxygen atoms in total. The van der Waals surface area contributed by atoms with Crippen LogP contribution in [-0.4, -0.2) is 7.11 Å². The van der Waals surface area contributed by atoms with Crippen molar-refractivity contribution in [1.29, 1.82) is 0 Å². The van der Waals surface area contributed by atoms with E-state index >= 15 is 0 Å². The van der Waals surface area contributed by atoms with Crippen molar-refractivity contribution in [3.8, 4) is 5.75 Å². The summed E-state index contributed by atoms with van der Waals surface area (Å²) >= 11 is 0. The molecular weight excluding hydrogens is 256 g/mol. The molecule has 0 aromatic heterocycles. The maximum Gasteiger partial charge on any atom is 0.123 e. The van der Waals surface area contributed by atoms with E-state index in [1.165, 1.54) is 59.9 Å². The van der Waals surface area contributed by atoms with Gasteiger partial charge in [-0.25, -0.2) is 0 Å². The van der Waals surface area contributed by atoms with Gasteiger partial charge >= 0.3 is 0 Å². The molecule has 0 amide bonds. The fraction of sp³-hybridized carbons (Fsp3) is 0.450. The molecule has 3 rings (SSSR count). The van der Waals surface area contributed by atoms with Gasteiger partial charge in [-0.2, -0.15) is 0 Å². The van der Waals surface area contributed by atoms with E-state index in [0.29, 0.717) is 0 Å². The standard InChI is InChI=1S/C20H25O/c1-14(2)8-5-4-6-10-17-16-11-7-9-15-12-13-18(21-3)20(17)19(15)16/h7,9,11-14H,4-6,8,10H2,1-3H3. The van der Waals surface area contributed by atoms with Gasteiger partial charge in [0.2, 0.25) is 0 Å². The Kier molecular flexibility index (Phi) is 4.19. The summed E-state index contributed by atoms with van der Waals surface area (Å²) in [4.78, 5) is 0. The molecule has 1 aliphatic rings. The van der Waals surface area contributed by atoms with Crippen LogP contribution in [0.2, 0.25) is 0 Å². The normalized spacial score (nSPS) is 13.7. The maximum atomic E-state index is 5.57. The summed E-state index contributed by atoms with van der Waals surface area (Å²) in [5, 5.41) is 2.75. The molecule has 21 heavy (non-hydrogen) atoms. The minimum absolute atomic E-state index is 0.830. The van der Waals surface area contributed by atoms with Crippen LogP contribution in [0.5, 0.6) is 5.75 Å². The molecular formula is C20H25O. The molecule has 0 bridgehead atoms. The first-order chi connectivity index (χ1) is 10.2. The number of unbranched alkanes of at least 4 members (excludes halogenated alkanes) is 2. The Morgan fingerprint density at radius 3 is 2.62 bits per heavy atom. The Morgan fingerprint density at radius 1 is 1.00 bits per heavy atom. The zero-order chi connectivity index (χ0) is 14.8. The molecule has 0 saturated carbocycles. The van der Waals surface area contributed by atoms with Crippen molar-refractivity contribution in [2.75, 3.05) is 7.11 Å². The van der Waals surface area contributed by atoms with Crippen molar-refractivity contribution in [2.45, 2.75) is 46.0 Å². The third kappa shape index (κ3) is 2.66. The van der Waals surface area contributed by atoms with Gasteiger partial charge in [-0.15, -0.1) is 0 Å². The van der Waals surface area contributed by atoms with Crippen LogP contribution in [0.4, 0.5) is 0 Å². The van der Waals surface area contributed by atoms with Gasteiger partial charge in [0.25, 0.3) is 0 Å². The first kappa shape index (κ1) is 14.4. The third-order valence-electron chi connectivity index (χ3n) is 4.56. The Balaban J connectivity index is 1.69. The number of ether oxygens (including phenoxy) is 1. The van der Waals surface area contributed by atoms with E-state index in [1.807, 2.05) is 0 Å². The van der Waals surface area contributed by atoms with Gasteiger partial charge < -0.3 is 4.74 Å². The Morgan fingerprint density at radius 2 is 1.86 bits per heavy atom. The predicted octanol–water partition coefficient (Wildman–Crippen LogP) is 5.74. The minimum atomic E-state index is 0.830. The van der Waals surface area contributed by atoms with Gasteiger partial charge in [0.1, 0.15) is 5.75 Å². The van der Waals surface area contributed by atoms with Gasteiger partial charge in [-0.1, -0.05) is 63.8 Å². The highest BCUT2D eigenvalue weighted by molar-refractivity contribution is 6.02. The van der Waals surface area contributed by atoms with E-state index in [1.54, 1.807) is 7.11 Å². The van der Waals surface area contributed by atoms with Gasteiger partial charge in [-0.3, -0.25) is 0 Å². The van der Waals surface area contributed by atoms with Crippen LogP contribution in [0.1, 0.15) is 57.1 Å². The fourth-order valence-electron chi connectivity index (χ4n) is 3.44. The average Bonchev–Trinajstić information content (AvgIpc) is 2.48. The number of hydrogen-bond acceptors (Lipinski definition) is 1. The van der Waals surface area contributed by atoms with Crippen molar-refractivity contribution >= 4 is 10.8 Å². The van der Waals surface area contributed by atoms with E-state index in [0.717, 1.165) is 11.7 Å². The summed E-state index contributed by atoms with van der Waals surface area (Å²) in [6.45, 7) is 4.62.